The van der Waals surface area contributed by atoms with Crippen molar-refractivity contribution >= 4 is 5.91 Å². The molecule has 5 heteroatoms. The van der Waals surface area contributed by atoms with Gasteiger partial charge >= 0.3 is 0 Å². The standard InChI is InChI=1S/C15H24N4O/c1-12-10-18(2)8-3-9-19(12)11-13-4-6-14(7-5-13)15(20)17-16/h4-7,12H,3,8-11,16H2,1-2H3,(H,17,20). The number of nitrogens with two attached hydrogens (primary N) is 1. The van der Waals surface area contributed by atoms with Crippen LogP contribution >= 0.6 is 0 Å². The van der Waals surface area contributed by atoms with Gasteiger partial charge in [-0.25, -0.2) is 5.84 Å². The van der Waals surface area contributed by atoms with Gasteiger partial charge in [-0.3, -0.25) is 15.1 Å². The van der Waals surface area contributed by atoms with E-state index < -0.39 is 0 Å². The molecule has 0 bridgehead atoms. The maximum atomic E-state index is 11.4. The van der Waals surface area contributed by atoms with Crippen LogP contribution in [0, 0.1) is 0 Å². The first-order valence-electron chi connectivity index (χ1n) is 7.12. The van der Waals surface area contributed by atoms with Gasteiger partial charge in [0.25, 0.3) is 5.91 Å². The van der Waals surface area contributed by atoms with Crippen molar-refractivity contribution in [2.45, 2.75) is 25.9 Å². The Labute approximate surface area is 120 Å². The Morgan fingerprint density at radius 1 is 1.35 bits per heavy atom. The highest BCUT2D eigenvalue weighted by Crippen LogP contribution is 2.14. The number of carbonyl (C=O) groups is 1. The Hall–Kier alpha value is -1.43. The van der Waals surface area contributed by atoms with E-state index >= 15 is 0 Å². The van der Waals surface area contributed by atoms with Crippen molar-refractivity contribution in [2.24, 2.45) is 5.84 Å². The summed E-state index contributed by atoms with van der Waals surface area (Å²) >= 11 is 0. The summed E-state index contributed by atoms with van der Waals surface area (Å²) in [6, 6.07) is 8.21. The van der Waals surface area contributed by atoms with Crippen LogP contribution in [-0.4, -0.2) is 48.4 Å². The lowest BCUT2D eigenvalue weighted by Crippen LogP contribution is -2.37. The molecule has 0 aliphatic carbocycles. The molecule has 0 aromatic heterocycles. The molecule has 1 aromatic rings. The second-order valence-electron chi connectivity index (χ2n) is 5.61. The van der Waals surface area contributed by atoms with Crippen molar-refractivity contribution in [3.63, 3.8) is 0 Å². The molecule has 3 N–H and O–H groups in total. The number of hydrogen-bond acceptors (Lipinski definition) is 4. The largest absolute Gasteiger partial charge is 0.305 e. The topological polar surface area (TPSA) is 61.6 Å². The summed E-state index contributed by atoms with van der Waals surface area (Å²) in [6.07, 6.45) is 1.20. The van der Waals surface area contributed by atoms with Crippen LogP contribution in [-0.2, 0) is 6.54 Å². The van der Waals surface area contributed by atoms with Gasteiger partial charge in [0.15, 0.2) is 0 Å². The van der Waals surface area contributed by atoms with Gasteiger partial charge in [0.2, 0.25) is 0 Å². The van der Waals surface area contributed by atoms with Crippen LogP contribution in [0.1, 0.15) is 29.3 Å². The quantitative estimate of drug-likeness (QED) is 0.487. The summed E-state index contributed by atoms with van der Waals surface area (Å²) < 4.78 is 0. The number of nitrogen functional groups attached to an aromatic ring is 1. The maximum Gasteiger partial charge on any atom is 0.265 e. The molecule has 0 spiro atoms. The van der Waals surface area contributed by atoms with Crippen LogP contribution in [0.2, 0.25) is 0 Å². The minimum atomic E-state index is -0.249. The molecule has 1 fully saturated rings. The smallest absolute Gasteiger partial charge is 0.265 e. The molecule has 1 aliphatic rings. The molecular weight excluding hydrogens is 252 g/mol. The number of hydrogen-bond donors (Lipinski definition) is 2. The first-order valence-corrected chi connectivity index (χ1v) is 7.12. The van der Waals surface area contributed by atoms with E-state index in [4.69, 9.17) is 5.84 Å². The minimum Gasteiger partial charge on any atom is -0.305 e. The highest BCUT2D eigenvalue weighted by Gasteiger charge is 2.19. The van der Waals surface area contributed by atoms with Crippen molar-refractivity contribution in [1.82, 2.24) is 15.2 Å². The van der Waals surface area contributed by atoms with Crippen LogP contribution in [0.3, 0.4) is 0 Å². The fraction of sp³-hybridized carbons (Fsp3) is 0.533. The lowest BCUT2D eigenvalue weighted by molar-refractivity contribution is 0.0953. The summed E-state index contributed by atoms with van der Waals surface area (Å²) in [5.41, 5.74) is 3.98. The van der Waals surface area contributed by atoms with E-state index in [1.807, 2.05) is 24.3 Å². The van der Waals surface area contributed by atoms with Gasteiger partial charge in [-0.15, -0.1) is 0 Å². The zero-order valence-corrected chi connectivity index (χ0v) is 12.3. The lowest BCUT2D eigenvalue weighted by Gasteiger charge is -2.27. The third kappa shape index (κ3) is 3.79. The van der Waals surface area contributed by atoms with Crippen LogP contribution in [0.4, 0.5) is 0 Å². The van der Waals surface area contributed by atoms with Crippen LogP contribution in [0.15, 0.2) is 24.3 Å². The Kier molecular flexibility index (Phi) is 5.11. The van der Waals surface area contributed by atoms with E-state index in [0.717, 1.165) is 26.2 Å². The maximum absolute atomic E-state index is 11.4. The first-order chi connectivity index (χ1) is 9.60. The van der Waals surface area contributed by atoms with Crippen molar-refractivity contribution in [3.8, 4) is 0 Å². The first kappa shape index (κ1) is 15.0. The number of hydrazine groups is 1. The van der Waals surface area contributed by atoms with Gasteiger partial charge in [0, 0.05) is 31.2 Å². The molecule has 1 unspecified atom stereocenters. The number of nitrogens with zero attached hydrogens (tertiary/aromatic N) is 2. The van der Waals surface area contributed by atoms with Gasteiger partial charge in [0.05, 0.1) is 0 Å². The summed E-state index contributed by atoms with van der Waals surface area (Å²) in [7, 11) is 2.18. The number of benzene rings is 1. The van der Waals surface area contributed by atoms with Gasteiger partial charge < -0.3 is 4.90 Å². The fourth-order valence-corrected chi connectivity index (χ4v) is 2.74. The summed E-state index contributed by atoms with van der Waals surface area (Å²) in [5, 5.41) is 0. The predicted molar refractivity (Wildman–Crippen MR) is 80.1 cm³/mol. The molecule has 1 atom stereocenters. The van der Waals surface area contributed by atoms with Crippen molar-refractivity contribution in [1.29, 1.82) is 0 Å². The molecule has 0 saturated carbocycles. The molecule has 20 heavy (non-hydrogen) atoms. The van der Waals surface area contributed by atoms with Gasteiger partial charge in [-0.2, -0.15) is 0 Å². The summed E-state index contributed by atoms with van der Waals surface area (Å²) in [5.74, 6) is 4.88. The average Bonchev–Trinajstić information content (AvgIpc) is 2.60. The number of likely N-dealkylation sites (N-methyl/N-ethyl adjacent to an activating group) is 1. The number of rotatable bonds is 3. The normalized spacial score (nSPS) is 21.4. The Bertz CT molecular complexity index is 446. The molecule has 1 aliphatic heterocycles. The monoisotopic (exact) mass is 276 g/mol. The molecular formula is C15H24N4O. The van der Waals surface area contributed by atoms with Gasteiger partial charge in [-0.05, 0) is 44.6 Å². The van der Waals surface area contributed by atoms with Crippen molar-refractivity contribution in [2.75, 3.05) is 26.7 Å². The second-order valence-corrected chi connectivity index (χ2v) is 5.61. The molecule has 110 valence electrons. The third-order valence-electron chi connectivity index (χ3n) is 3.92. The second kappa shape index (κ2) is 6.83. The van der Waals surface area contributed by atoms with E-state index in [-0.39, 0.29) is 5.91 Å². The van der Waals surface area contributed by atoms with E-state index in [0.29, 0.717) is 11.6 Å². The number of amides is 1. The molecule has 1 aromatic carbocycles. The van der Waals surface area contributed by atoms with Crippen LogP contribution in [0.5, 0.6) is 0 Å². The number of nitrogens with one attached hydrogen (secondary N) is 1. The zero-order chi connectivity index (χ0) is 14.5. The Morgan fingerprint density at radius 2 is 2.05 bits per heavy atom. The molecule has 2 rings (SSSR count). The highest BCUT2D eigenvalue weighted by atomic mass is 16.2. The summed E-state index contributed by atoms with van der Waals surface area (Å²) in [4.78, 5) is 16.3. The number of carbonyl (C=O) groups excluding carboxylic acids is 1. The Morgan fingerprint density at radius 3 is 2.70 bits per heavy atom. The highest BCUT2D eigenvalue weighted by molar-refractivity contribution is 5.93. The SMILES string of the molecule is CC1CN(C)CCCN1Cc1ccc(C(=O)NN)cc1. The van der Waals surface area contributed by atoms with E-state index in [2.05, 4.69) is 29.2 Å². The summed E-state index contributed by atoms with van der Waals surface area (Å²) in [6.45, 7) is 6.60. The third-order valence-corrected chi connectivity index (χ3v) is 3.92. The molecule has 5 nitrogen and oxygen atoms in total. The van der Waals surface area contributed by atoms with Gasteiger partial charge in [-0.1, -0.05) is 12.1 Å². The Balaban J connectivity index is 2.00. The van der Waals surface area contributed by atoms with Crippen LogP contribution < -0.4 is 11.3 Å². The van der Waals surface area contributed by atoms with Crippen molar-refractivity contribution in [3.05, 3.63) is 35.4 Å². The minimum absolute atomic E-state index is 0.249. The van der Waals surface area contributed by atoms with E-state index in [1.165, 1.54) is 12.0 Å². The fourth-order valence-electron chi connectivity index (χ4n) is 2.74. The molecule has 0 radical (unpaired) electrons. The van der Waals surface area contributed by atoms with E-state index in [1.54, 1.807) is 0 Å². The molecule has 1 amide bonds. The molecule has 1 saturated heterocycles. The lowest BCUT2D eigenvalue weighted by atomic mass is 10.1. The predicted octanol–water partition coefficient (Wildman–Crippen LogP) is 0.816. The van der Waals surface area contributed by atoms with Crippen molar-refractivity contribution < 1.29 is 4.79 Å². The average molecular weight is 276 g/mol. The van der Waals surface area contributed by atoms with Gasteiger partial charge in [0.1, 0.15) is 0 Å². The molecule has 1 heterocycles. The zero-order valence-electron chi connectivity index (χ0n) is 12.3. The van der Waals surface area contributed by atoms with E-state index in [9.17, 15) is 4.79 Å². The van der Waals surface area contributed by atoms with Crippen LogP contribution in [0.25, 0.3) is 0 Å².